The summed E-state index contributed by atoms with van der Waals surface area (Å²) in [5.41, 5.74) is -0.164. The molecule has 2 atom stereocenters. The number of rotatable bonds is 5. The highest BCUT2D eigenvalue weighted by atomic mass is 32.1. The highest BCUT2D eigenvalue weighted by Gasteiger charge is 2.32. The Labute approximate surface area is 161 Å². The van der Waals surface area contributed by atoms with Crippen LogP contribution in [0.1, 0.15) is 35.0 Å². The predicted octanol–water partition coefficient (Wildman–Crippen LogP) is 3.63. The molecule has 0 aliphatic carbocycles. The Morgan fingerprint density at radius 2 is 2.11 bits per heavy atom. The van der Waals surface area contributed by atoms with E-state index in [1.807, 2.05) is 29.3 Å². The Kier molecular flexibility index (Phi) is 6.21. The van der Waals surface area contributed by atoms with Crippen molar-refractivity contribution in [3.05, 3.63) is 57.8 Å². The number of thiophene rings is 1. The van der Waals surface area contributed by atoms with Gasteiger partial charge in [-0.3, -0.25) is 9.59 Å². The van der Waals surface area contributed by atoms with Crippen molar-refractivity contribution in [3.63, 3.8) is 0 Å². The first-order valence-electron chi connectivity index (χ1n) is 9.04. The molecule has 0 spiro atoms. The van der Waals surface area contributed by atoms with E-state index in [-0.39, 0.29) is 23.4 Å². The summed E-state index contributed by atoms with van der Waals surface area (Å²) >= 11 is 1.56. The average Bonchev–Trinajstić information content (AvgIpc) is 3.14. The molecule has 0 bridgehead atoms. The lowest BCUT2D eigenvalue weighted by atomic mass is 9.89. The minimum atomic E-state index is -0.871. The van der Waals surface area contributed by atoms with Gasteiger partial charge in [-0.2, -0.15) is 0 Å². The molecule has 0 unspecified atom stereocenters. The lowest BCUT2D eigenvalue weighted by Gasteiger charge is -2.38. The lowest BCUT2D eigenvalue weighted by molar-refractivity contribution is -0.132. The molecule has 1 N–H and O–H groups in total. The van der Waals surface area contributed by atoms with Crippen molar-refractivity contribution in [1.82, 2.24) is 10.2 Å². The number of halogens is 2. The smallest absolute Gasteiger partial charge is 0.254 e. The van der Waals surface area contributed by atoms with Crippen LogP contribution < -0.4 is 5.32 Å². The van der Waals surface area contributed by atoms with Gasteiger partial charge < -0.3 is 10.2 Å². The van der Waals surface area contributed by atoms with Gasteiger partial charge in [0.05, 0.1) is 12.0 Å². The van der Waals surface area contributed by atoms with Crippen LogP contribution in [0.3, 0.4) is 0 Å². The first-order valence-corrected chi connectivity index (χ1v) is 9.92. The highest BCUT2D eigenvalue weighted by Crippen LogP contribution is 2.22. The number of carbonyl (C=O) groups is 2. The highest BCUT2D eigenvalue weighted by molar-refractivity contribution is 7.10. The zero-order valence-electron chi connectivity index (χ0n) is 15.1. The maximum Gasteiger partial charge on any atom is 0.254 e. The molecule has 1 fully saturated rings. The molecule has 7 heteroatoms. The predicted molar refractivity (Wildman–Crippen MR) is 101 cm³/mol. The molecule has 0 saturated carbocycles. The zero-order valence-corrected chi connectivity index (χ0v) is 15.9. The number of likely N-dealkylation sites (tertiary alicyclic amines) is 1. The maximum atomic E-state index is 13.8. The molecule has 2 aromatic rings. The molecule has 144 valence electrons. The van der Waals surface area contributed by atoms with Gasteiger partial charge in [0.2, 0.25) is 5.91 Å². The van der Waals surface area contributed by atoms with E-state index in [9.17, 15) is 18.4 Å². The molecular formula is C20H22F2N2O2S. The van der Waals surface area contributed by atoms with Crippen LogP contribution in [0.25, 0.3) is 0 Å². The van der Waals surface area contributed by atoms with Crippen LogP contribution >= 0.6 is 11.3 Å². The van der Waals surface area contributed by atoms with E-state index in [1.54, 1.807) is 11.3 Å². The van der Waals surface area contributed by atoms with E-state index in [1.165, 1.54) is 0 Å². The molecule has 2 amide bonds. The van der Waals surface area contributed by atoms with Gasteiger partial charge in [0, 0.05) is 30.1 Å². The maximum absolute atomic E-state index is 13.8. The SMILES string of the molecule is CC[C@@H]1CN(C(=O)Cc2cccs2)CC[C@@H]1NC(=O)c1ccc(F)cc1F. The molecule has 1 saturated heterocycles. The summed E-state index contributed by atoms with van der Waals surface area (Å²) in [4.78, 5) is 27.8. The quantitative estimate of drug-likeness (QED) is 0.845. The number of carbonyl (C=O) groups excluding carboxylic acids is 2. The van der Waals surface area contributed by atoms with Crippen LogP contribution in [0.5, 0.6) is 0 Å². The second-order valence-corrected chi connectivity index (χ2v) is 7.79. The number of benzene rings is 1. The van der Waals surface area contributed by atoms with Crippen molar-refractivity contribution in [3.8, 4) is 0 Å². The number of hydrogen-bond donors (Lipinski definition) is 1. The third-order valence-corrected chi connectivity index (χ3v) is 5.89. The van der Waals surface area contributed by atoms with Gasteiger partial charge in [-0.15, -0.1) is 11.3 Å². The fraction of sp³-hybridized carbons (Fsp3) is 0.400. The molecule has 1 aliphatic rings. The van der Waals surface area contributed by atoms with Crippen LogP contribution in [-0.2, 0) is 11.2 Å². The van der Waals surface area contributed by atoms with Crippen molar-refractivity contribution < 1.29 is 18.4 Å². The van der Waals surface area contributed by atoms with Crippen molar-refractivity contribution >= 4 is 23.2 Å². The number of nitrogens with zero attached hydrogens (tertiary/aromatic N) is 1. The van der Waals surface area contributed by atoms with Crippen molar-refractivity contribution in [2.75, 3.05) is 13.1 Å². The third kappa shape index (κ3) is 4.71. The van der Waals surface area contributed by atoms with Crippen molar-refractivity contribution in [1.29, 1.82) is 0 Å². The first-order chi connectivity index (χ1) is 13.0. The van der Waals surface area contributed by atoms with Gasteiger partial charge in [0.1, 0.15) is 11.6 Å². The second kappa shape index (κ2) is 8.61. The van der Waals surface area contributed by atoms with E-state index in [4.69, 9.17) is 0 Å². The van der Waals surface area contributed by atoms with Crippen LogP contribution in [-0.4, -0.2) is 35.8 Å². The summed E-state index contributed by atoms with van der Waals surface area (Å²) in [6.45, 7) is 3.13. The van der Waals surface area contributed by atoms with E-state index in [0.717, 1.165) is 23.4 Å². The van der Waals surface area contributed by atoms with Crippen molar-refractivity contribution in [2.45, 2.75) is 32.2 Å². The van der Waals surface area contributed by atoms with Crippen LogP contribution in [0.4, 0.5) is 8.78 Å². The molecule has 1 aromatic heterocycles. The summed E-state index contributed by atoms with van der Waals surface area (Å²) in [5, 5.41) is 4.82. The normalized spacial score (nSPS) is 19.7. The number of piperidine rings is 1. The summed E-state index contributed by atoms with van der Waals surface area (Å²) in [7, 11) is 0. The Morgan fingerprint density at radius 1 is 1.30 bits per heavy atom. The molecule has 3 rings (SSSR count). The van der Waals surface area contributed by atoms with Crippen molar-refractivity contribution in [2.24, 2.45) is 5.92 Å². The Bertz CT molecular complexity index is 810. The zero-order chi connectivity index (χ0) is 19.4. The topological polar surface area (TPSA) is 49.4 Å². The number of nitrogens with one attached hydrogen (secondary N) is 1. The average molecular weight is 392 g/mol. The molecule has 1 aliphatic heterocycles. The Balaban J connectivity index is 1.61. The van der Waals surface area contributed by atoms with Gasteiger partial charge in [-0.05, 0) is 42.3 Å². The van der Waals surface area contributed by atoms with Gasteiger partial charge >= 0.3 is 0 Å². The molecule has 4 nitrogen and oxygen atoms in total. The lowest BCUT2D eigenvalue weighted by Crippen LogP contribution is -2.52. The summed E-state index contributed by atoms with van der Waals surface area (Å²) < 4.78 is 26.9. The van der Waals surface area contributed by atoms with E-state index >= 15 is 0 Å². The number of hydrogen-bond acceptors (Lipinski definition) is 3. The molecular weight excluding hydrogens is 370 g/mol. The molecule has 0 radical (unpaired) electrons. The van der Waals surface area contributed by atoms with E-state index in [0.29, 0.717) is 32.0 Å². The summed E-state index contributed by atoms with van der Waals surface area (Å²) in [5.74, 6) is -1.95. The Hall–Kier alpha value is -2.28. The minimum Gasteiger partial charge on any atom is -0.349 e. The number of amides is 2. The fourth-order valence-electron chi connectivity index (χ4n) is 3.46. The second-order valence-electron chi connectivity index (χ2n) is 6.76. The first kappa shape index (κ1) is 19.5. The van der Waals surface area contributed by atoms with Crippen LogP contribution in [0.2, 0.25) is 0 Å². The van der Waals surface area contributed by atoms with E-state index < -0.39 is 17.5 Å². The summed E-state index contributed by atoms with van der Waals surface area (Å²) in [6, 6.07) is 6.67. The Morgan fingerprint density at radius 3 is 2.78 bits per heavy atom. The third-order valence-electron chi connectivity index (χ3n) is 5.01. The largest absolute Gasteiger partial charge is 0.349 e. The van der Waals surface area contributed by atoms with Gasteiger partial charge in [0.25, 0.3) is 5.91 Å². The standard InChI is InChI=1S/C20H22F2N2O2S/c1-2-13-12-24(19(25)11-15-4-3-9-27-15)8-7-18(13)23-20(26)16-6-5-14(21)10-17(16)22/h3-6,9-10,13,18H,2,7-8,11-12H2,1H3,(H,23,26)/t13-,18+/m1/s1. The molecule has 27 heavy (non-hydrogen) atoms. The van der Waals surface area contributed by atoms with Crippen LogP contribution in [0.15, 0.2) is 35.7 Å². The molecule has 1 aromatic carbocycles. The fourth-order valence-corrected chi connectivity index (χ4v) is 4.15. The minimum absolute atomic E-state index is 0.0882. The van der Waals surface area contributed by atoms with Gasteiger partial charge in [-0.1, -0.05) is 13.0 Å². The van der Waals surface area contributed by atoms with Gasteiger partial charge in [0.15, 0.2) is 0 Å². The van der Waals surface area contributed by atoms with Gasteiger partial charge in [-0.25, -0.2) is 8.78 Å². The summed E-state index contributed by atoms with van der Waals surface area (Å²) in [6.07, 6.45) is 1.80. The monoisotopic (exact) mass is 392 g/mol. The van der Waals surface area contributed by atoms with E-state index in [2.05, 4.69) is 5.32 Å². The van der Waals surface area contributed by atoms with Crippen LogP contribution in [0, 0.1) is 17.6 Å². The molecule has 2 heterocycles.